The van der Waals surface area contributed by atoms with Gasteiger partial charge in [-0.25, -0.2) is 18.6 Å². The fourth-order valence-electron chi connectivity index (χ4n) is 1.88. The molecule has 0 saturated carbocycles. The van der Waals surface area contributed by atoms with Crippen LogP contribution >= 0.6 is 11.6 Å². The topological polar surface area (TPSA) is 51.7 Å². The molecule has 0 N–H and O–H groups in total. The summed E-state index contributed by atoms with van der Waals surface area (Å²) in [6.45, 7) is 4.17. The van der Waals surface area contributed by atoms with E-state index in [2.05, 4.69) is 4.98 Å². The number of hydrogen-bond donors (Lipinski definition) is 0. The maximum absolute atomic E-state index is 12.8. The van der Waals surface area contributed by atoms with Crippen LogP contribution in [0.15, 0.2) is 12.1 Å². The summed E-state index contributed by atoms with van der Waals surface area (Å²) >= 11 is 5.94. The number of rotatable bonds is 4. The minimum atomic E-state index is -2.68. The van der Waals surface area contributed by atoms with E-state index in [0.717, 1.165) is 0 Å². The molecule has 0 atom stereocenters. The molecule has 0 bridgehead atoms. The first-order valence-corrected chi connectivity index (χ1v) is 7.07. The number of nitrogens with zero attached hydrogens (tertiary/aromatic N) is 2. The highest BCUT2D eigenvalue weighted by molar-refractivity contribution is 6.31. The van der Waals surface area contributed by atoms with Gasteiger partial charge in [0, 0.05) is 0 Å². The minimum Gasteiger partial charge on any atom is -0.479 e. The molecule has 1 aromatic heterocycles. The summed E-state index contributed by atoms with van der Waals surface area (Å²) in [5, 5.41) is 0.0104. The summed E-state index contributed by atoms with van der Waals surface area (Å²) in [6, 6.07) is 3.01. The average Bonchev–Trinajstić information content (AvgIpc) is 2.32. The Hall–Kier alpha value is -1.63. The second kappa shape index (κ2) is 5.87. The molecule has 1 aliphatic heterocycles. The van der Waals surface area contributed by atoms with Crippen molar-refractivity contribution < 1.29 is 23.0 Å². The molecular formula is C14H17ClF2N2O3. The maximum Gasteiger partial charge on any atom is 0.344 e. The van der Waals surface area contributed by atoms with Crippen LogP contribution in [0.25, 0.3) is 0 Å². The molecule has 1 aromatic rings. The van der Waals surface area contributed by atoms with Gasteiger partial charge in [-0.15, -0.1) is 0 Å². The molecule has 22 heavy (non-hydrogen) atoms. The lowest BCUT2D eigenvalue weighted by Crippen LogP contribution is -2.56. The number of halogens is 3. The molecule has 2 rings (SSSR count). The highest BCUT2D eigenvalue weighted by Crippen LogP contribution is 2.33. The van der Waals surface area contributed by atoms with Crippen LogP contribution in [0, 0.1) is 0 Å². The van der Waals surface area contributed by atoms with Gasteiger partial charge in [-0.3, -0.25) is 0 Å². The van der Waals surface area contributed by atoms with E-state index in [1.54, 1.807) is 20.8 Å². The zero-order valence-electron chi connectivity index (χ0n) is 12.5. The fraction of sp³-hybridized carbons (Fsp3) is 0.571. The smallest absolute Gasteiger partial charge is 0.344 e. The number of pyridine rings is 1. The van der Waals surface area contributed by atoms with Crippen LogP contribution in [-0.4, -0.2) is 42.2 Å². The van der Waals surface area contributed by atoms with Gasteiger partial charge in [-0.05, 0) is 32.9 Å². The first-order valence-electron chi connectivity index (χ1n) is 6.70. The van der Waals surface area contributed by atoms with Crippen molar-refractivity contribution in [3.63, 3.8) is 0 Å². The highest BCUT2D eigenvalue weighted by atomic mass is 35.5. The molecular weight excluding hydrogens is 318 g/mol. The lowest BCUT2D eigenvalue weighted by molar-refractivity contribution is -0.157. The molecule has 2 heterocycles. The Morgan fingerprint density at radius 3 is 2.55 bits per heavy atom. The molecule has 0 aliphatic carbocycles. The fourth-order valence-corrected chi connectivity index (χ4v) is 2.08. The van der Waals surface area contributed by atoms with Gasteiger partial charge in [0.25, 0.3) is 5.92 Å². The van der Waals surface area contributed by atoms with Gasteiger partial charge in [0.2, 0.25) is 0 Å². The van der Waals surface area contributed by atoms with E-state index in [0.29, 0.717) is 5.82 Å². The van der Waals surface area contributed by atoms with Crippen LogP contribution in [-0.2, 0) is 9.53 Å². The van der Waals surface area contributed by atoms with Crippen molar-refractivity contribution in [2.45, 2.75) is 32.3 Å². The molecule has 0 spiro atoms. The third-order valence-electron chi connectivity index (χ3n) is 2.73. The molecule has 0 aromatic carbocycles. The van der Waals surface area contributed by atoms with Crippen molar-refractivity contribution in [3.8, 4) is 5.75 Å². The highest BCUT2D eigenvalue weighted by Gasteiger charge is 2.44. The quantitative estimate of drug-likeness (QED) is 0.626. The molecule has 0 radical (unpaired) electrons. The van der Waals surface area contributed by atoms with Crippen LogP contribution < -0.4 is 9.64 Å². The van der Waals surface area contributed by atoms with Gasteiger partial charge < -0.3 is 14.4 Å². The maximum atomic E-state index is 12.8. The van der Waals surface area contributed by atoms with Crippen LogP contribution in [0.3, 0.4) is 0 Å². The lowest BCUT2D eigenvalue weighted by Gasteiger charge is -2.39. The minimum absolute atomic E-state index is 0.0104. The third kappa shape index (κ3) is 4.43. The Kier molecular flexibility index (Phi) is 4.47. The van der Waals surface area contributed by atoms with E-state index in [9.17, 15) is 13.6 Å². The molecule has 0 amide bonds. The largest absolute Gasteiger partial charge is 0.479 e. The number of ether oxygens (including phenoxy) is 2. The molecule has 5 nitrogen and oxygen atoms in total. The summed E-state index contributed by atoms with van der Waals surface area (Å²) < 4.78 is 36.0. The second-order valence-corrected chi connectivity index (χ2v) is 6.40. The van der Waals surface area contributed by atoms with Crippen LogP contribution in [0.4, 0.5) is 14.6 Å². The summed E-state index contributed by atoms with van der Waals surface area (Å²) in [4.78, 5) is 16.9. The van der Waals surface area contributed by atoms with Gasteiger partial charge >= 0.3 is 5.97 Å². The number of esters is 1. The van der Waals surface area contributed by atoms with Gasteiger partial charge in [-0.1, -0.05) is 11.6 Å². The van der Waals surface area contributed by atoms with E-state index in [4.69, 9.17) is 21.1 Å². The zero-order chi connectivity index (χ0) is 16.5. The lowest BCUT2D eigenvalue weighted by atomic mass is 10.1. The summed E-state index contributed by atoms with van der Waals surface area (Å²) in [6.07, 6.45) is 0. The molecule has 0 unspecified atom stereocenters. The van der Waals surface area contributed by atoms with Crippen molar-refractivity contribution in [3.05, 3.63) is 17.3 Å². The van der Waals surface area contributed by atoms with E-state index in [-0.39, 0.29) is 30.6 Å². The van der Waals surface area contributed by atoms with E-state index in [1.807, 2.05) is 0 Å². The monoisotopic (exact) mass is 334 g/mol. The average molecular weight is 335 g/mol. The Labute approximate surface area is 132 Å². The second-order valence-electron chi connectivity index (χ2n) is 6.05. The predicted molar refractivity (Wildman–Crippen MR) is 77.7 cm³/mol. The van der Waals surface area contributed by atoms with E-state index in [1.165, 1.54) is 17.0 Å². The first-order chi connectivity index (χ1) is 10.1. The van der Waals surface area contributed by atoms with Gasteiger partial charge in [0.05, 0.1) is 13.1 Å². The molecule has 122 valence electrons. The number of anilines is 1. The zero-order valence-corrected chi connectivity index (χ0v) is 13.3. The Bertz CT molecular complexity index is 568. The van der Waals surface area contributed by atoms with Gasteiger partial charge in [0.1, 0.15) is 11.4 Å². The van der Waals surface area contributed by atoms with Crippen molar-refractivity contribution in [1.82, 2.24) is 4.98 Å². The Balaban J connectivity index is 1.92. The number of carbonyl (C=O) groups excluding carboxylic acids is 1. The predicted octanol–water partition coefficient (Wildman–Crippen LogP) is 2.91. The molecule has 1 aliphatic rings. The Morgan fingerprint density at radius 1 is 1.41 bits per heavy atom. The van der Waals surface area contributed by atoms with Crippen LogP contribution in [0.5, 0.6) is 5.75 Å². The van der Waals surface area contributed by atoms with E-state index < -0.39 is 17.5 Å². The molecule has 1 saturated heterocycles. The first kappa shape index (κ1) is 16.7. The number of hydrogen-bond acceptors (Lipinski definition) is 5. The Morgan fingerprint density at radius 2 is 2.05 bits per heavy atom. The van der Waals surface area contributed by atoms with Gasteiger partial charge in [-0.2, -0.15) is 0 Å². The standard InChI is InChI=1S/C14H17ClF2N2O3/c1-13(2,3)22-11(20)6-21-9-4-5-10(18-12(9)15)19-7-14(16,17)8-19/h4-5H,6-8H2,1-3H3. The third-order valence-corrected chi connectivity index (χ3v) is 3.00. The van der Waals surface area contributed by atoms with Gasteiger partial charge in [0.15, 0.2) is 17.5 Å². The molecule has 8 heteroatoms. The molecule has 1 fully saturated rings. The van der Waals surface area contributed by atoms with Crippen LogP contribution in [0.2, 0.25) is 5.15 Å². The number of carbonyl (C=O) groups is 1. The van der Waals surface area contributed by atoms with E-state index >= 15 is 0 Å². The number of alkyl halides is 2. The van der Waals surface area contributed by atoms with Crippen LogP contribution in [0.1, 0.15) is 20.8 Å². The van der Waals surface area contributed by atoms with Crippen molar-refractivity contribution in [2.24, 2.45) is 0 Å². The van der Waals surface area contributed by atoms with Crippen molar-refractivity contribution in [1.29, 1.82) is 0 Å². The summed E-state index contributed by atoms with van der Waals surface area (Å²) in [5.41, 5.74) is -0.602. The summed E-state index contributed by atoms with van der Waals surface area (Å²) in [7, 11) is 0. The SMILES string of the molecule is CC(C)(C)OC(=O)COc1ccc(N2CC(F)(F)C2)nc1Cl. The van der Waals surface area contributed by atoms with Crippen molar-refractivity contribution >= 4 is 23.4 Å². The normalized spacial score (nSPS) is 16.9. The van der Waals surface area contributed by atoms with Crippen molar-refractivity contribution in [2.75, 3.05) is 24.6 Å². The number of aromatic nitrogens is 1. The summed E-state index contributed by atoms with van der Waals surface area (Å²) in [5.74, 6) is -2.67.